The van der Waals surface area contributed by atoms with E-state index in [1.807, 2.05) is 0 Å². The maximum absolute atomic E-state index is 12.4. The number of likely N-dealkylation sites (N-methyl/N-ethyl adjacent to an activating group) is 1. The largest absolute Gasteiger partial charge is 0.484 e. The van der Waals surface area contributed by atoms with Gasteiger partial charge >= 0.3 is 5.97 Å². The summed E-state index contributed by atoms with van der Waals surface area (Å²) in [6.07, 6.45) is 4.11. The minimum absolute atomic E-state index is 0.240. The average Bonchev–Trinajstić information content (AvgIpc) is 2.70. The highest BCUT2D eigenvalue weighted by atomic mass is 16.5. The third-order valence-electron chi connectivity index (χ3n) is 4.70. The maximum Gasteiger partial charge on any atom is 0.338 e. The first kappa shape index (κ1) is 20.2. The van der Waals surface area contributed by atoms with Gasteiger partial charge in [0.1, 0.15) is 11.3 Å². The molecular weight excluding hydrogens is 350 g/mol. The van der Waals surface area contributed by atoms with Crippen molar-refractivity contribution in [3.8, 4) is 11.8 Å². The molecule has 0 atom stereocenters. The SMILES string of the molecule is CN(C(=O)COC(=O)c1ccc(OCC(N)=O)cc1)C1(C#N)CCCCC1. The summed E-state index contributed by atoms with van der Waals surface area (Å²) in [7, 11) is 1.58. The summed E-state index contributed by atoms with van der Waals surface area (Å²) in [5, 5.41) is 9.53. The van der Waals surface area contributed by atoms with Crippen LogP contribution in [0.2, 0.25) is 0 Å². The summed E-state index contributed by atoms with van der Waals surface area (Å²) in [4.78, 5) is 36.6. The molecule has 1 aliphatic rings. The van der Waals surface area contributed by atoms with Crippen molar-refractivity contribution in [1.82, 2.24) is 4.90 Å². The normalized spacial score (nSPS) is 15.3. The van der Waals surface area contributed by atoms with Crippen molar-refractivity contribution in [2.45, 2.75) is 37.6 Å². The van der Waals surface area contributed by atoms with Crippen LogP contribution in [0, 0.1) is 11.3 Å². The quantitative estimate of drug-likeness (QED) is 0.721. The Bertz CT molecular complexity index is 733. The number of carbonyl (C=O) groups is 3. The molecule has 1 aromatic rings. The molecule has 8 heteroatoms. The van der Waals surface area contributed by atoms with Crippen molar-refractivity contribution >= 4 is 17.8 Å². The molecule has 1 fully saturated rings. The van der Waals surface area contributed by atoms with E-state index in [0.29, 0.717) is 18.6 Å². The van der Waals surface area contributed by atoms with E-state index >= 15 is 0 Å². The summed E-state index contributed by atoms with van der Waals surface area (Å²) in [6.45, 7) is -0.691. The number of hydrogen-bond donors (Lipinski definition) is 1. The van der Waals surface area contributed by atoms with E-state index in [4.69, 9.17) is 15.2 Å². The van der Waals surface area contributed by atoms with Crippen molar-refractivity contribution in [2.75, 3.05) is 20.3 Å². The molecule has 0 unspecified atom stereocenters. The average molecular weight is 373 g/mol. The Balaban J connectivity index is 1.89. The van der Waals surface area contributed by atoms with Gasteiger partial charge in [0.05, 0.1) is 11.6 Å². The third-order valence-corrected chi connectivity index (χ3v) is 4.70. The number of nitriles is 1. The van der Waals surface area contributed by atoms with E-state index in [1.54, 1.807) is 7.05 Å². The minimum Gasteiger partial charge on any atom is -0.484 e. The van der Waals surface area contributed by atoms with Gasteiger partial charge in [-0.05, 0) is 37.1 Å². The Hall–Kier alpha value is -3.08. The van der Waals surface area contributed by atoms with Crippen LogP contribution in [0.25, 0.3) is 0 Å². The summed E-state index contributed by atoms with van der Waals surface area (Å²) < 4.78 is 10.2. The predicted octanol–water partition coefficient (Wildman–Crippen LogP) is 1.39. The van der Waals surface area contributed by atoms with E-state index in [2.05, 4.69) is 6.07 Å². The number of rotatable bonds is 7. The highest BCUT2D eigenvalue weighted by Gasteiger charge is 2.39. The van der Waals surface area contributed by atoms with E-state index in [-0.39, 0.29) is 12.2 Å². The van der Waals surface area contributed by atoms with Crippen molar-refractivity contribution < 1.29 is 23.9 Å². The fourth-order valence-electron chi connectivity index (χ4n) is 3.05. The molecule has 0 saturated heterocycles. The molecular formula is C19H23N3O5. The van der Waals surface area contributed by atoms with E-state index < -0.39 is 29.9 Å². The number of primary amides is 1. The van der Waals surface area contributed by atoms with E-state index in [0.717, 1.165) is 19.3 Å². The van der Waals surface area contributed by atoms with Crippen LogP contribution >= 0.6 is 0 Å². The van der Waals surface area contributed by atoms with Crippen LogP contribution in [-0.2, 0) is 14.3 Å². The van der Waals surface area contributed by atoms with Crippen molar-refractivity contribution in [3.05, 3.63) is 29.8 Å². The van der Waals surface area contributed by atoms with Gasteiger partial charge in [0.15, 0.2) is 13.2 Å². The van der Waals surface area contributed by atoms with Gasteiger partial charge in [-0.1, -0.05) is 19.3 Å². The van der Waals surface area contributed by atoms with Gasteiger partial charge in [0.2, 0.25) is 0 Å². The summed E-state index contributed by atoms with van der Waals surface area (Å²) >= 11 is 0. The molecule has 8 nitrogen and oxygen atoms in total. The fraction of sp³-hybridized carbons (Fsp3) is 0.474. The molecule has 1 aliphatic carbocycles. The monoisotopic (exact) mass is 373 g/mol. The van der Waals surface area contributed by atoms with Gasteiger partial charge in [-0.2, -0.15) is 5.26 Å². The van der Waals surface area contributed by atoms with Gasteiger partial charge in [0, 0.05) is 7.05 Å². The zero-order valence-corrected chi connectivity index (χ0v) is 15.3. The third kappa shape index (κ3) is 5.20. The zero-order valence-electron chi connectivity index (χ0n) is 15.3. The van der Waals surface area contributed by atoms with Gasteiger partial charge in [-0.15, -0.1) is 0 Å². The first-order valence-corrected chi connectivity index (χ1v) is 8.74. The Labute approximate surface area is 157 Å². The molecule has 1 aromatic carbocycles. The van der Waals surface area contributed by atoms with Crippen molar-refractivity contribution in [2.24, 2.45) is 5.73 Å². The summed E-state index contributed by atoms with van der Waals surface area (Å²) in [5.41, 5.74) is 4.41. The van der Waals surface area contributed by atoms with Crippen LogP contribution in [0.1, 0.15) is 42.5 Å². The lowest BCUT2D eigenvalue weighted by Gasteiger charge is -2.38. The Kier molecular flexibility index (Phi) is 6.77. The molecule has 0 radical (unpaired) electrons. The second-order valence-corrected chi connectivity index (χ2v) is 6.51. The second-order valence-electron chi connectivity index (χ2n) is 6.51. The Morgan fingerprint density at radius 2 is 1.78 bits per heavy atom. The molecule has 0 spiro atoms. The second kappa shape index (κ2) is 9.03. The molecule has 2 N–H and O–H groups in total. The first-order chi connectivity index (χ1) is 12.9. The molecule has 27 heavy (non-hydrogen) atoms. The molecule has 0 heterocycles. The van der Waals surface area contributed by atoms with E-state index in [1.165, 1.54) is 29.2 Å². The summed E-state index contributed by atoms with van der Waals surface area (Å²) in [5.74, 6) is -1.29. The van der Waals surface area contributed by atoms with Crippen LogP contribution in [0.5, 0.6) is 5.75 Å². The predicted molar refractivity (Wildman–Crippen MR) is 95.6 cm³/mol. The molecule has 0 aliphatic heterocycles. The van der Waals surface area contributed by atoms with Crippen LogP contribution in [0.15, 0.2) is 24.3 Å². The highest BCUT2D eigenvalue weighted by Crippen LogP contribution is 2.32. The smallest absolute Gasteiger partial charge is 0.338 e. The lowest BCUT2D eigenvalue weighted by Crippen LogP contribution is -2.51. The molecule has 144 valence electrons. The Morgan fingerprint density at radius 3 is 2.33 bits per heavy atom. The minimum atomic E-state index is -0.818. The first-order valence-electron chi connectivity index (χ1n) is 8.74. The van der Waals surface area contributed by atoms with Crippen LogP contribution in [0.4, 0.5) is 0 Å². The standard InChI is InChI=1S/C19H23N3O5/c1-22(19(13-20)9-3-2-4-10-19)17(24)12-27-18(25)14-5-7-15(8-6-14)26-11-16(21)23/h5-8H,2-4,9-12H2,1H3,(H2,21,23). The fourth-order valence-corrected chi connectivity index (χ4v) is 3.05. The number of esters is 1. The number of benzene rings is 1. The van der Waals surface area contributed by atoms with Crippen LogP contribution < -0.4 is 10.5 Å². The van der Waals surface area contributed by atoms with Gasteiger partial charge in [-0.3, -0.25) is 9.59 Å². The maximum atomic E-state index is 12.4. The Morgan fingerprint density at radius 1 is 1.15 bits per heavy atom. The molecule has 1 saturated carbocycles. The molecule has 0 bridgehead atoms. The number of nitrogens with zero attached hydrogens (tertiary/aromatic N) is 2. The van der Waals surface area contributed by atoms with Crippen molar-refractivity contribution in [3.63, 3.8) is 0 Å². The van der Waals surface area contributed by atoms with Gasteiger partial charge < -0.3 is 20.1 Å². The number of hydrogen-bond acceptors (Lipinski definition) is 6. The van der Waals surface area contributed by atoms with Crippen molar-refractivity contribution in [1.29, 1.82) is 5.26 Å². The highest BCUT2D eigenvalue weighted by molar-refractivity contribution is 5.91. The number of carbonyl (C=O) groups excluding carboxylic acids is 3. The lowest BCUT2D eigenvalue weighted by atomic mass is 9.81. The zero-order chi connectivity index (χ0) is 19.9. The molecule has 0 aromatic heterocycles. The topological polar surface area (TPSA) is 123 Å². The van der Waals surface area contributed by atoms with Crippen LogP contribution in [0.3, 0.4) is 0 Å². The van der Waals surface area contributed by atoms with Gasteiger partial charge in [0.25, 0.3) is 11.8 Å². The molecule has 2 rings (SSSR count). The summed E-state index contributed by atoms with van der Waals surface area (Å²) in [6, 6.07) is 8.19. The number of amides is 2. The van der Waals surface area contributed by atoms with Gasteiger partial charge in [-0.25, -0.2) is 4.79 Å². The van der Waals surface area contributed by atoms with Crippen LogP contribution in [-0.4, -0.2) is 48.5 Å². The number of ether oxygens (including phenoxy) is 2. The molecule has 2 amide bonds. The lowest BCUT2D eigenvalue weighted by molar-refractivity contribution is -0.138. The number of nitrogens with two attached hydrogens (primary N) is 1. The van der Waals surface area contributed by atoms with E-state index in [9.17, 15) is 19.6 Å².